The van der Waals surface area contributed by atoms with Crippen molar-refractivity contribution in [3.63, 3.8) is 0 Å². The molecule has 0 aliphatic heterocycles. The minimum absolute atomic E-state index is 0.0826. The first kappa shape index (κ1) is 14.3. The quantitative estimate of drug-likeness (QED) is 0.750. The third kappa shape index (κ3) is 2.22. The summed E-state index contributed by atoms with van der Waals surface area (Å²) in [5, 5.41) is 8.88. The second-order valence-electron chi connectivity index (χ2n) is 4.22. The van der Waals surface area contributed by atoms with Crippen molar-refractivity contribution >= 4 is 11.2 Å². The summed E-state index contributed by atoms with van der Waals surface area (Å²) in [5.74, 6) is 0. The Morgan fingerprint density at radius 1 is 1.30 bits per heavy atom. The van der Waals surface area contributed by atoms with Gasteiger partial charge in [-0.05, 0) is 20.3 Å². The Labute approximate surface area is 114 Å². The standard InChI is InChI=1S/C12H18N4O4/c1-3-14-10-9(16(8-13-10)20-4-2)11(18)15(12(14)19)6-5-7-17/h8,17H,3-7H2,1-2H3. The minimum atomic E-state index is -0.450. The van der Waals surface area contributed by atoms with Crippen LogP contribution in [0.3, 0.4) is 0 Å². The maximum Gasteiger partial charge on any atom is 0.332 e. The molecular weight excluding hydrogens is 264 g/mol. The first-order valence-corrected chi connectivity index (χ1v) is 6.60. The zero-order valence-electron chi connectivity index (χ0n) is 11.6. The molecule has 0 saturated heterocycles. The van der Waals surface area contributed by atoms with Crippen LogP contribution in [0.25, 0.3) is 11.2 Å². The molecule has 0 aliphatic carbocycles. The van der Waals surface area contributed by atoms with Gasteiger partial charge in [-0.1, -0.05) is 0 Å². The molecule has 0 aliphatic rings. The molecule has 0 aromatic carbocycles. The van der Waals surface area contributed by atoms with Crippen molar-refractivity contribution in [2.75, 3.05) is 13.2 Å². The molecule has 0 atom stereocenters. The summed E-state index contributed by atoms with van der Waals surface area (Å²) >= 11 is 0. The number of hydrogen-bond donors (Lipinski definition) is 1. The smallest absolute Gasteiger partial charge is 0.332 e. The second-order valence-corrected chi connectivity index (χ2v) is 4.22. The zero-order chi connectivity index (χ0) is 14.7. The van der Waals surface area contributed by atoms with Gasteiger partial charge in [-0.25, -0.2) is 9.78 Å². The minimum Gasteiger partial charge on any atom is -0.412 e. The summed E-state index contributed by atoms with van der Waals surface area (Å²) in [6, 6.07) is 0. The fraction of sp³-hybridized carbons (Fsp3) is 0.583. The lowest BCUT2D eigenvalue weighted by molar-refractivity contribution is 0.130. The number of aliphatic hydroxyl groups excluding tert-OH is 1. The molecule has 1 N–H and O–H groups in total. The summed E-state index contributed by atoms with van der Waals surface area (Å²) in [6.45, 7) is 4.47. The van der Waals surface area contributed by atoms with Crippen molar-refractivity contribution in [1.29, 1.82) is 0 Å². The molecule has 0 unspecified atom stereocenters. The fourth-order valence-electron chi connectivity index (χ4n) is 2.11. The Kier molecular flexibility index (Phi) is 4.23. The van der Waals surface area contributed by atoms with Crippen molar-refractivity contribution in [2.45, 2.75) is 33.4 Å². The highest BCUT2D eigenvalue weighted by Gasteiger charge is 2.17. The molecule has 8 nitrogen and oxygen atoms in total. The third-order valence-corrected chi connectivity index (χ3v) is 3.01. The predicted molar refractivity (Wildman–Crippen MR) is 72.8 cm³/mol. The Morgan fingerprint density at radius 3 is 2.65 bits per heavy atom. The predicted octanol–water partition coefficient (Wildman–Crippen LogP) is -0.790. The molecule has 0 fully saturated rings. The molecule has 0 bridgehead atoms. The number of aryl methyl sites for hydroxylation is 1. The van der Waals surface area contributed by atoms with Gasteiger partial charge < -0.3 is 9.94 Å². The van der Waals surface area contributed by atoms with E-state index in [1.165, 1.54) is 15.6 Å². The van der Waals surface area contributed by atoms with Crippen LogP contribution in [-0.4, -0.2) is 37.2 Å². The molecule has 2 heterocycles. The first-order chi connectivity index (χ1) is 9.65. The summed E-state index contributed by atoms with van der Waals surface area (Å²) in [4.78, 5) is 34.1. The van der Waals surface area contributed by atoms with Gasteiger partial charge in [0.15, 0.2) is 11.2 Å². The zero-order valence-corrected chi connectivity index (χ0v) is 11.6. The van der Waals surface area contributed by atoms with Gasteiger partial charge in [0.25, 0.3) is 5.56 Å². The maximum atomic E-state index is 12.4. The van der Waals surface area contributed by atoms with Crippen LogP contribution in [0.15, 0.2) is 15.9 Å². The van der Waals surface area contributed by atoms with Crippen molar-refractivity contribution < 1.29 is 9.94 Å². The van der Waals surface area contributed by atoms with Gasteiger partial charge in [0.05, 0.1) is 0 Å². The van der Waals surface area contributed by atoms with Crippen LogP contribution in [0.2, 0.25) is 0 Å². The van der Waals surface area contributed by atoms with Gasteiger partial charge in [-0.2, -0.15) is 4.73 Å². The van der Waals surface area contributed by atoms with Crippen LogP contribution in [-0.2, 0) is 13.1 Å². The van der Waals surface area contributed by atoms with Crippen LogP contribution in [0, 0.1) is 0 Å². The average molecular weight is 282 g/mol. The monoisotopic (exact) mass is 282 g/mol. The summed E-state index contributed by atoms with van der Waals surface area (Å²) in [5.41, 5.74) is -0.309. The van der Waals surface area contributed by atoms with Gasteiger partial charge in [0.1, 0.15) is 12.9 Å². The SMILES string of the molecule is CCOn1cnc2c1c(=O)n(CCCO)c(=O)n2CC. The summed E-state index contributed by atoms with van der Waals surface area (Å²) in [6.07, 6.45) is 1.73. The Balaban J connectivity index is 2.76. The second kappa shape index (κ2) is 5.91. The number of hydrogen-bond acceptors (Lipinski definition) is 5. The van der Waals surface area contributed by atoms with Gasteiger partial charge in [0.2, 0.25) is 0 Å². The third-order valence-electron chi connectivity index (χ3n) is 3.01. The van der Waals surface area contributed by atoms with Crippen LogP contribution in [0.1, 0.15) is 20.3 Å². The van der Waals surface area contributed by atoms with E-state index in [0.717, 1.165) is 4.57 Å². The molecule has 0 radical (unpaired) electrons. The molecule has 2 rings (SSSR count). The molecule has 2 aromatic rings. The van der Waals surface area contributed by atoms with Crippen molar-refractivity contribution in [3.05, 3.63) is 27.2 Å². The number of aliphatic hydroxyl groups is 1. The van der Waals surface area contributed by atoms with Crippen molar-refractivity contribution in [3.8, 4) is 0 Å². The van der Waals surface area contributed by atoms with Crippen molar-refractivity contribution in [2.24, 2.45) is 0 Å². The van der Waals surface area contributed by atoms with E-state index in [2.05, 4.69) is 4.98 Å². The molecular formula is C12H18N4O4. The van der Waals surface area contributed by atoms with Crippen molar-refractivity contribution in [1.82, 2.24) is 18.8 Å². The highest BCUT2D eigenvalue weighted by atomic mass is 16.7. The van der Waals surface area contributed by atoms with E-state index >= 15 is 0 Å². The van der Waals surface area contributed by atoms with Crippen LogP contribution in [0.4, 0.5) is 0 Å². The lowest BCUT2D eigenvalue weighted by atomic mass is 10.4. The summed E-state index contributed by atoms with van der Waals surface area (Å²) in [7, 11) is 0. The highest BCUT2D eigenvalue weighted by molar-refractivity contribution is 5.69. The molecule has 0 spiro atoms. The number of aromatic nitrogens is 4. The van der Waals surface area contributed by atoms with E-state index in [4.69, 9.17) is 9.94 Å². The van der Waals surface area contributed by atoms with Gasteiger partial charge in [-0.15, -0.1) is 0 Å². The highest BCUT2D eigenvalue weighted by Crippen LogP contribution is 2.05. The van der Waals surface area contributed by atoms with Crippen LogP contribution in [0.5, 0.6) is 0 Å². The molecule has 2 aromatic heterocycles. The lowest BCUT2D eigenvalue weighted by Gasteiger charge is -2.10. The summed E-state index contributed by atoms with van der Waals surface area (Å²) < 4.78 is 3.82. The number of rotatable bonds is 6. The number of nitrogens with zero attached hydrogens (tertiary/aromatic N) is 4. The van der Waals surface area contributed by atoms with Gasteiger partial charge in [0, 0.05) is 19.7 Å². The molecule has 110 valence electrons. The van der Waals surface area contributed by atoms with E-state index in [0.29, 0.717) is 25.2 Å². The molecule has 20 heavy (non-hydrogen) atoms. The van der Waals surface area contributed by atoms with E-state index < -0.39 is 11.2 Å². The maximum absolute atomic E-state index is 12.4. The first-order valence-electron chi connectivity index (χ1n) is 6.60. The van der Waals surface area contributed by atoms with E-state index in [1.807, 2.05) is 0 Å². The Morgan fingerprint density at radius 2 is 2.05 bits per heavy atom. The Hall–Kier alpha value is -2.09. The van der Waals surface area contributed by atoms with Gasteiger partial charge >= 0.3 is 5.69 Å². The average Bonchev–Trinajstić information content (AvgIpc) is 2.84. The Bertz CT molecular complexity index is 713. The van der Waals surface area contributed by atoms with E-state index in [9.17, 15) is 9.59 Å². The molecule has 0 saturated carbocycles. The van der Waals surface area contributed by atoms with Gasteiger partial charge in [-0.3, -0.25) is 13.9 Å². The van der Waals surface area contributed by atoms with E-state index in [1.54, 1.807) is 13.8 Å². The number of fused-ring (bicyclic) bond motifs is 1. The topological polar surface area (TPSA) is 91.3 Å². The van der Waals surface area contributed by atoms with Crippen LogP contribution >= 0.6 is 0 Å². The fourth-order valence-corrected chi connectivity index (χ4v) is 2.11. The molecule has 8 heteroatoms. The normalized spacial score (nSPS) is 11.2. The molecule has 0 amide bonds. The van der Waals surface area contributed by atoms with E-state index in [-0.39, 0.29) is 18.7 Å². The lowest BCUT2D eigenvalue weighted by Crippen LogP contribution is -2.41. The largest absolute Gasteiger partial charge is 0.412 e. The number of imidazole rings is 1. The van der Waals surface area contributed by atoms with Crippen LogP contribution < -0.4 is 16.1 Å².